The molecular weight excluding hydrogens is 366 g/mol. The molecule has 2 heterocycles. The Bertz CT molecular complexity index is 873. The first-order valence-corrected chi connectivity index (χ1v) is 10.6. The van der Waals surface area contributed by atoms with Crippen LogP contribution in [0.25, 0.3) is 0 Å². The summed E-state index contributed by atoms with van der Waals surface area (Å²) in [5.41, 5.74) is 6.10. The molecule has 2 aromatic rings. The van der Waals surface area contributed by atoms with Crippen molar-refractivity contribution >= 4 is 21.7 Å². The zero-order valence-electron chi connectivity index (χ0n) is 15.3. The molecule has 3 N–H and O–H groups in total. The third kappa shape index (κ3) is 4.86. The SMILES string of the molecule is CC(C(N)=O)N1CCC(n2nccc2NS(=O)(=O)Cc2ccccc2)CC1. The number of sulfonamides is 1. The van der Waals surface area contributed by atoms with Crippen LogP contribution in [0.1, 0.15) is 31.4 Å². The van der Waals surface area contributed by atoms with Gasteiger partial charge in [0.25, 0.3) is 0 Å². The van der Waals surface area contributed by atoms with Crippen molar-refractivity contribution in [1.29, 1.82) is 0 Å². The lowest BCUT2D eigenvalue weighted by atomic mass is 10.0. The molecule has 27 heavy (non-hydrogen) atoms. The number of anilines is 1. The van der Waals surface area contributed by atoms with Crippen molar-refractivity contribution in [3.8, 4) is 0 Å². The number of amides is 1. The van der Waals surface area contributed by atoms with E-state index in [-0.39, 0.29) is 23.7 Å². The molecule has 1 aliphatic heterocycles. The van der Waals surface area contributed by atoms with Crippen LogP contribution >= 0.6 is 0 Å². The van der Waals surface area contributed by atoms with Gasteiger partial charge in [-0.15, -0.1) is 0 Å². The van der Waals surface area contributed by atoms with Crippen molar-refractivity contribution in [2.45, 2.75) is 37.6 Å². The quantitative estimate of drug-likeness (QED) is 0.740. The Morgan fingerprint density at radius 1 is 1.26 bits per heavy atom. The summed E-state index contributed by atoms with van der Waals surface area (Å²) in [7, 11) is -3.54. The van der Waals surface area contributed by atoms with Gasteiger partial charge >= 0.3 is 0 Å². The molecule has 3 rings (SSSR count). The molecule has 0 radical (unpaired) electrons. The maximum Gasteiger partial charge on any atom is 0.238 e. The molecule has 1 amide bonds. The van der Waals surface area contributed by atoms with Crippen LogP contribution in [-0.4, -0.2) is 48.1 Å². The van der Waals surface area contributed by atoms with Crippen molar-refractivity contribution in [2.75, 3.05) is 17.8 Å². The van der Waals surface area contributed by atoms with Crippen LogP contribution in [0.3, 0.4) is 0 Å². The number of carbonyl (C=O) groups is 1. The first kappa shape index (κ1) is 19.4. The van der Waals surface area contributed by atoms with Crippen molar-refractivity contribution < 1.29 is 13.2 Å². The summed E-state index contributed by atoms with van der Waals surface area (Å²) in [5.74, 6) is 0.0439. The molecule has 0 bridgehead atoms. The number of benzene rings is 1. The molecule has 0 saturated carbocycles. The first-order valence-electron chi connectivity index (χ1n) is 8.97. The Balaban J connectivity index is 1.65. The van der Waals surface area contributed by atoms with Crippen LogP contribution in [0.15, 0.2) is 42.6 Å². The monoisotopic (exact) mass is 391 g/mol. The lowest BCUT2D eigenvalue weighted by Gasteiger charge is -2.35. The average molecular weight is 391 g/mol. The molecular formula is C18H25N5O3S. The predicted molar refractivity (Wildman–Crippen MR) is 103 cm³/mol. The molecule has 1 aromatic heterocycles. The number of nitrogens with zero attached hydrogens (tertiary/aromatic N) is 3. The second kappa shape index (κ2) is 8.10. The van der Waals surface area contributed by atoms with Crippen LogP contribution < -0.4 is 10.5 Å². The Morgan fingerprint density at radius 2 is 1.93 bits per heavy atom. The zero-order chi connectivity index (χ0) is 19.4. The number of likely N-dealkylation sites (tertiary alicyclic amines) is 1. The molecule has 0 spiro atoms. The molecule has 1 atom stereocenters. The minimum Gasteiger partial charge on any atom is -0.368 e. The molecule has 0 aliphatic carbocycles. The fourth-order valence-electron chi connectivity index (χ4n) is 3.37. The highest BCUT2D eigenvalue weighted by Crippen LogP contribution is 2.27. The summed E-state index contributed by atoms with van der Waals surface area (Å²) in [6, 6.07) is 10.5. The highest BCUT2D eigenvalue weighted by Gasteiger charge is 2.28. The van der Waals surface area contributed by atoms with E-state index in [1.807, 2.05) is 23.1 Å². The molecule has 1 aliphatic rings. The normalized spacial score (nSPS) is 17.5. The number of piperidine rings is 1. The summed E-state index contributed by atoms with van der Waals surface area (Å²) >= 11 is 0. The van der Waals surface area contributed by atoms with E-state index < -0.39 is 10.0 Å². The van der Waals surface area contributed by atoms with Crippen LogP contribution in [0.5, 0.6) is 0 Å². The van der Waals surface area contributed by atoms with Crippen molar-refractivity contribution in [2.24, 2.45) is 5.73 Å². The number of hydrogen-bond acceptors (Lipinski definition) is 5. The van der Waals surface area contributed by atoms with Crippen molar-refractivity contribution in [1.82, 2.24) is 14.7 Å². The lowest BCUT2D eigenvalue weighted by Crippen LogP contribution is -2.46. The Kier molecular flexibility index (Phi) is 5.81. The smallest absolute Gasteiger partial charge is 0.238 e. The summed E-state index contributed by atoms with van der Waals surface area (Å²) in [4.78, 5) is 13.4. The van der Waals surface area contributed by atoms with Crippen LogP contribution in [-0.2, 0) is 20.6 Å². The molecule has 146 valence electrons. The van der Waals surface area contributed by atoms with Gasteiger partial charge in [0.2, 0.25) is 15.9 Å². The van der Waals surface area contributed by atoms with Gasteiger partial charge in [-0.1, -0.05) is 30.3 Å². The number of hydrogen-bond donors (Lipinski definition) is 2. The Morgan fingerprint density at radius 3 is 2.56 bits per heavy atom. The molecule has 1 unspecified atom stereocenters. The van der Waals surface area contributed by atoms with Gasteiger partial charge in [-0.2, -0.15) is 5.10 Å². The molecule has 9 heteroatoms. The molecule has 1 saturated heterocycles. The minimum atomic E-state index is -3.54. The number of rotatable bonds is 7. The van der Waals surface area contributed by atoms with Gasteiger partial charge in [-0.05, 0) is 25.3 Å². The number of nitrogens with one attached hydrogen (secondary N) is 1. The molecule has 8 nitrogen and oxygen atoms in total. The second-order valence-corrected chi connectivity index (χ2v) is 8.58. The van der Waals surface area contributed by atoms with E-state index >= 15 is 0 Å². The zero-order valence-corrected chi connectivity index (χ0v) is 16.1. The summed E-state index contributed by atoms with van der Waals surface area (Å²) in [5, 5.41) is 4.32. The minimum absolute atomic E-state index is 0.0748. The fraction of sp³-hybridized carbons (Fsp3) is 0.444. The van der Waals surface area contributed by atoms with E-state index in [2.05, 4.69) is 9.82 Å². The summed E-state index contributed by atoms with van der Waals surface area (Å²) < 4.78 is 29.4. The number of nitrogens with two attached hydrogens (primary N) is 1. The van der Waals surface area contributed by atoms with E-state index in [1.54, 1.807) is 36.0 Å². The Hall–Kier alpha value is -2.39. The third-order valence-electron chi connectivity index (χ3n) is 4.93. The van der Waals surface area contributed by atoms with E-state index in [0.29, 0.717) is 18.9 Å². The highest BCUT2D eigenvalue weighted by molar-refractivity contribution is 7.91. The summed E-state index contributed by atoms with van der Waals surface area (Å²) in [6.07, 6.45) is 3.14. The standard InChI is InChI=1S/C18H25N5O3S/c1-14(18(19)24)22-11-8-16(9-12-22)23-17(7-10-20-23)21-27(25,26)13-15-5-3-2-4-6-15/h2-7,10,14,16,21H,8-9,11-13H2,1H3,(H2,19,24). The van der Waals surface area contributed by atoms with Crippen LogP contribution in [0, 0.1) is 0 Å². The van der Waals surface area contributed by atoms with Gasteiger partial charge in [0.15, 0.2) is 0 Å². The van der Waals surface area contributed by atoms with Gasteiger partial charge in [-0.25, -0.2) is 13.1 Å². The van der Waals surface area contributed by atoms with Crippen LogP contribution in [0.2, 0.25) is 0 Å². The van der Waals surface area contributed by atoms with E-state index in [1.165, 1.54) is 0 Å². The van der Waals surface area contributed by atoms with Gasteiger partial charge in [0.05, 0.1) is 24.0 Å². The van der Waals surface area contributed by atoms with Crippen LogP contribution in [0.4, 0.5) is 5.82 Å². The number of aromatic nitrogens is 2. The first-order chi connectivity index (χ1) is 12.9. The number of carbonyl (C=O) groups excluding carboxylic acids is 1. The average Bonchev–Trinajstić information content (AvgIpc) is 3.08. The fourth-order valence-corrected chi connectivity index (χ4v) is 4.56. The second-order valence-electron chi connectivity index (χ2n) is 6.85. The molecule has 1 aromatic carbocycles. The lowest BCUT2D eigenvalue weighted by molar-refractivity contribution is -0.123. The maximum atomic E-state index is 12.5. The topological polar surface area (TPSA) is 110 Å². The van der Waals surface area contributed by atoms with Gasteiger partial charge < -0.3 is 5.73 Å². The van der Waals surface area contributed by atoms with E-state index in [4.69, 9.17) is 5.73 Å². The van der Waals surface area contributed by atoms with Gasteiger partial charge in [0, 0.05) is 19.2 Å². The largest absolute Gasteiger partial charge is 0.368 e. The predicted octanol–water partition coefficient (Wildman–Crippen LogP) is 1.34. The van der Waals surface area contributed by atoms with E-state index in [9.17, 15) is 13.2 Å². The number of primary amides is 1. The Labute approximate surface area is 159 Å². The molecule has 1 fully saturated rings. The van der Waals surface area contributed by atoms with Crippen molar-refractivity contribution in [3.05, 3.63) is 48.2 Å². The third-order valence-corrected chi connectivity index (χ3v) is 6.17. The summed E-state index contributed by atoms with van der Waals surface area (Å²) in [6.45, 7) is 3.23. The highest BCUT2D eigenvalue weighted by atomic mass is 32.2. The van der Waals surface area contributed by atoms with Gasteiger partial charge in [0.1, 0.15) is 5.82 Å². The van der Waals surface area contributed by atoms with E-state index in [0.717, 1.165) is 18.4 Å². The van der Waals surface area contributed by atoms with Crippen molar-refractivity contribution in [3.63, 3.8) is 0 Å². The van der Waals surface area contributed by atoms with Gasteiger partial charge in [-0.3, -0.25) is 14.4 Å². The maximum absolute atomic E-state index is 12.5.